The lowest BCUT2D eigenvalue weighted by Crippen LogP contribution is -2.44. The van der Waals surface area contributed by atoms with Crippen LogP contribution in [0.15, 0.2) is 24.5 Å². The Morgan fingerprint density at radius 3 is 2.78 bits per heavy atom. The number of fused-ring (bicyclic) bond motifs is 1. The Bertz CT molecular complexity index is 976. The zero-order valence-electron chi connectivity index (χ0n) is 16.7. The summed E-state index contributed by atoms with van der Waals surface area (Å²) in [5.41, 5.74) is 2.31. The summed E-state index contributed by atoms with van der Waals surface area (Å²) in [6, 6.07) is 3.88. The molecule has 0 aliphatic carbocycles. The Morgan fingerprint density at radius 1 is 1.19 bits per heavy atom. The summed E-state index contributed by atoms with van der Waals surface area (Å²) in [7, 11) is 2.01. The smallest absolute Gasteiger partial charge is 0.227 e. The minimum absolute atomic E-state index is 0.368. The lowest BCUT2D eigenvalue weighted by molar-refractivity contribution is 0.186. The highest BCUT2D eigenvalue weighted by atomic mass is 15.3. The van der Waals surface area contributed by atoms with E-state index in [0.717, 1.165) is 54.0 Å². The molecule has 4 rings (SSSR count). The van der Waals surface area contributed by atoms with Gasteiger partial charge in [0, 0.05) is 32.4 Å². The minimum Gasteiger partial charge on any atom is -0.340 e. The van der Waals surface area contributed by atoms with Crippen LogP contribution in [-0.4, -0.2) is 37.6 Å². The zero-order chi connectivity index (χ0) is 19.2. The van der Waals surface area contributed by atoms with E-state index >= 15 is 0 Å². The van der Waals surface area contributed by atoms with Crippen molar-refractivity contribution in [3.05, 3.63) is 30.4 Å². The van der Waals surface area contributed by atoms with Crippen LogP contribution in [0.4, 0.5) is 17.6 Å². The molecule has 1 unspecified atom stereocenters. The van der Waals surface area contributed by atoms with Gasteiger partial charge in [0.2, 0.25) is 5.95 Å². The second-order valence-electron chi connectivity index (χ2n) is 8.23. The van der Waals surface area contributed by atoms with Gasteiger partial charge in [0.15, 0.2) is 0 Å². The Hall–Kier alpha value is -2.70. The van der Waals surface area contributed by atoms with E-state index in [0.29, 0.717) is 11.3 Å². The fourth-order valence-corrected chi connectivity index (χ4v) is 3.51. The van der Waals surface area contributed by atoms with Crippen LogP contribution in [0.25, 0.3) is 11.0 Å². The number of nitrogens with zero attached hydrogens (tertiary/aromatic N) is 6. The van der Waals surface area contributed by atoms with Crippen molar-refractivity contribution in [2.75, 3.05) is 23.3 Å². The third-order valence-corrected chi connectivity index (χ3v) is 6.03. The van der Waals surface area contributed by atoms with E-state index in [1.165, 1.54) is 0 Å². The van der Waals surface area contributed by atoms with E-state index in [1.54, 1.807) is 6.20 Å². The van der Waals surface area contributed by atoms with Gasteiger partial charge in [-0.3, -0.25) is 0 Å². The van der Waals surface area contributed by atoms with Crippen molar-refractivity contribution in [3.8, 4) is 0 Å². The molecule has 7 nitrogen and oxygen atoms in total. The first-order chi connectivity index (χ1) is 12.8. The second kappa shape index (κ2) is 6.48. The van der Waals surface area contributed by atoms with E-state index in [-0.39, 0.29) is 0 Å². The number of aromatic nitrogens is 5. The molecule has 3 aromatic heterocycles. The number of hydrogen-bond donors (Lipinski definition) is 1. The molecule has 0 radical (unpaired) electrons. The quantitative estimate of drug-likeness (QED) is 0.763. The van der Waals surface area contributed by atoms with Gasteiger partial charge < -0.3 is 14.8 Å². The number of imidazole rings is 1. The van der Waals surface area contributed by atoms with Gasteiger partial charge >= 0.3 is 0 Å². The molecule has 1 atom stereocenters. The van der Waals surface area contributed by atoms with Crippen LogP contribution in [0.5, 0.6) is 0 Å². The highest BCUT2D eigenvalue weighted by Gasteiger charge is 2.33. The van der Waals surface area contributed by atoms with Gasteiger partial charge in [0.05, 0.1) is 11.7 Å². The summed E-state index contributed by atoms with van der Waals surface area (Å²) in [5, 5.41) is 3.31. The molecule has 0 spiro atoms. The van der Waals surface area contributed by atoms with Crippen LogP contribution in [-0.2, 0) is 7.05 Å². The van der Waals surface area contributed by atoms with Crippen LogP contribution in [0.3, 0.4) is 0 Å². The Balaban J connectivity index is 1.55. The van der Waals surface area contributed by atoms with Gasteiger partial charge in [-0.25, -0.2) is 15.0 Å². The van der Waals surface area contributed by atoms with Crippen molar-refractivity contribution in [1.82, 2.24) is 24.5 Å². The molecule has 1 N–H and O–H groups in total. The molecule has 0 amide bonds. The second-order valence-corrected chi connectivity index (χ2v) is 8.23. The van der Waals surface area contributed by atoms with Crippen LogP contribution in [0.1, 0.15) is 33.0 Å². The average Bonchev–Trinajstić information content (AvgIpc) is 2.92. The van der Waals surface area contributed by atoms with Gasteiger partial charge in [-0.05, 0) is 30.7 Å². The van der Waals surface area contributed by atoms with Gasteiger partial charge in [0.25, 0.3) is 0 Å². The third kappa shape index (κ3) is 3.34. The topological polar surface area (TPSA) is 71.8 Å². The predicted molar refractivity (Wildman–Crippen MR) is 108 cm³/mol. The Kier molecular flexibility index (Phi) is 4.25. The average molecular weight is 365 g/mol. The van der Waals surface area contributed by atoms with E-state index in [9.17, 15) is 0 Å². The lowest BCUT2D eigenvalue weighted by atomic mass is 9.74. The van der Waals surface area contributed by atoms with Gasteiger partial charge in [-0.1, -0.05) is 20.8 Å². The molecule has 4 heterocycles. The molecule has 3 aromatic rings. The van der Waals surface area contributed by atoms with Gasteiger partial charge in [-0.15, -0.1) is 0 Å². The number of anilines is 3. The van der Waals surface area contributed by atoms with Crippen LogP contribution in [0, 0.1) is 18.3 Å². The summed E-state index contributed by atoms with van der Waals surface area (Å²) in [5.74, 6) is 3.85. The summed E-state index contributed by atoms with van der Waals surface area (Å²) in [4.78, 5) is 20.5. The van der Waals surface area contributed by atoms with Crippen LogP contribution < -0.4 is 10.2 Å². The number of nitrogens with one attached hydrogen (secondary N) is 1. The first-order valence-electron chi connectivity index (χ1n) is 9.47. The first-order valence-corrected chi connectivity index (χ1v) is 9.47. The van der Waals surface area contributed by atoms with Crippen molar-refractivity contribution in [2.24, 2.45) is 18.4 Å². The molecular weight excluding hydrogens is 338 g/mol. The number of pyridine rings is 1. The number of aryl methyl sites for hydroxylation is 2. The van der Waals surface area contributed by atoms with Crippen LogP contribution in [0.2, 0.25) is 0 Å². The molecule has 1 saturated heterocycles. The fourth-order valence-electron chi connectivity index (χ4n) is 3.51. The highest BCUT2D eigenvalue weighted by molar-refractivity contribution is 5.78. The summed E-state index contributed by atoms with van der Waals surface area (Å²) < 4.78 is 2.06. The summed E-state index contributed by atoms with van der Waals surface area (Å²) in [6.45, 7) is 11.0. The van der Waals surface area contributed by atoms with Gasteiger partial charge in [-0.2, -0.15) is 4.98 Å². The first kappa shape index (κ1) is 17.7. The molecular formula is C20H27N7. The predicted octanol–water partition coefficient (Wildman–Crippen LogP) is 3.68. The standard InChI is InChI=1S/C20H27N7/c1-13-12-27(9-7-20(13,3)4)19-21-8-6-17(25-19)24-18-10-16-15(11-22-18)23-14(2)26(16)5/h6,8,10-11,13H,7,9,12H2,1-5H3,(H,21,22,24,25). The summed E-state index contributed by atoms with van der Waals surface area (Å²) >= 11 is 0. The maximum Gasteiger partial charge on any atom is 0.227 e. The molecule has 1 fully saturated rings. The maximum atomic E-state index is 4.72. The van der Waals surface area contributed by atoms with E-state index in [1.807, 2.05) is 32.3 Å². The molecule has 27 heavy (non-hydrogen) atoms. The maximum absolute atomic E-state index is 4.72. The highest BCUT2D eigenvalue weighted by Crippen LogP contribution is 2.36. The molecule has 0 bridgehead atoms. The number of rotatable bonds is 3. The molecule has 1 aliphatic heterocycles. The molecule has 7 heteroatoms. The van der Waals surface area contributed by atoms with Crippen molar-refractivity contribution in [1.29, 1.82) is 0 Å². The molecule has 0 aromatic carbocycles. The van der Waals surface area contributed by atoms with Crippen LogP contribution >= 0.6 is 0 Å². The van der Waals surface area contributed by atoms with E-state index in [2.05, 4.69) is 50.5 Å². The molecule has 0 saturated carbocycles. The number of piperidine rings is 1. The molecule has 1 aliphatic rings. The largest absolute Gasteiger partial charge is 0.340 e. The van der Waals surface area contributed by atoms with E-state index < -0.39 is 0 Å². The van der Waals surface area contributed by atoms with Crippen molar-refractivity contribution >= 4 is 28.6 Å². The van der Waals surface area contributed by atoms with Crippen molar-refractivity contribution in [2.45, 2.75) is 34.1 Å². The Morgan fingerprint density at radius 2 is 2.00 bits per heavy atom. The lowest BCUT2D eigenvalue weighted by Gasteiger charge is -2.42. The molecule has 142 valence electrons. The van der Waals surface area contributed by atoms with E-state index in [4.69, 9.17) is 4.98 Å². The fraction of sp³-hybridized carbons (Fsp3) is 0.500. The third-order valence-electron chi connectivity index (χ3n) is 6.03. The normalized spacial score (nSPS) is 19.4. The number of hydrogen-bond acceptors (Lipinski definition) is 6. The zero-order valence-corrected chi connectivity index (χ0v) is 16.7. The minimum atomic E-state index is 0.368. The van der Waals surface area contributed by atoms with Crippen molar-refractivity contribution in [3.63, 3.8) is 0 Å². The SMILES string of the molecule is Cc1nc2cnc(Nc3ccnc(N4CCC(C)(C)C(C)C4)n3)cc2n1C. The Labute approximate surface area is 159 Å². The monoisotopic (exact) mass is 365 g/mol. The van der Waals surface area contributed by atoms with Crippen molar-refractivity contribution < 1.29 is 0 Å². The van der Waals surface area contributed by atoms with Gasteiger partial charge in [0.1, 0.15) is 23.0 Å². The summed E-state index contributed by atoms with van der Waals surface area (Å²) in [6.07, 6.45) is 4.75.